The molecule has 0 aliphatic carbocycles. The molecule has 3 atom stereocenters. The summed E-state index contributed by atoms with van der Waals surface area (Å²) in [6.45, 7) is 5.10. The number of aliphatic hydroxyl groups excluding tert-OH is 1. The summed E-state index contributed by atoms with van der Waals surface area (Å²) in [7, 11) is 0. The molecule has 2 aromatic rings. The van der Waals surface area contributed by atoms with Gasteiger partial charge in [0, 0.05) is 5.39 Å². The molecular weight excluding hydrogens is 346 g/mol. The van der Waals surface area contributed by atoms with Crippen LogP contribution in [0.25, 0.3) is 10.8 Å². The lowest BCUT2D eigenvalue weighted by molar-refractivity contribution is -0.0577. The molecule has 27 heavy (non-hydrogen) atoms. The van der Waals surface area contributed by atoms with Crippen molar-refractivity contribution < 1.29 is 24.5 Å². The van der Waals surface area contributed by atoms with Crippen molar-refractivity contribution in [3.8, 4) is 0 Å². The summed E-state index contributed by atoms with van der Waals surface area (Å²) in [5.41, 5.74) is -0.963. The number of anilines is 1. The second-order valence-corrected chi connectivity index (χ2v) is 7.84. The van der Waals surface area contributed by atoms with Crippen molar-refractivity contribution in [2.24, 2.45) is 0 Å². The monoisotopic (exact) mass is 373 g/mol. The largest absolute Gasteiger partial charge is 0.443 e. The maximum Gasteiger partial charge on any atom is 0.412 e. The molecule has 1 aliphatic rings. The summed E-state index contributed by atoms with van der Waals surface area (Å²) in [5, 5.41) is 24.3. The Bertz CT molecular complexity index is 810. The van der Waals surface area contributed by atoms with Crippen molar-refractivity contribution >= 4 is 22.6 Å². The second-order valence-electron chi connectivity index (χ2n) is 7.84. The number of epoxide rings is 1. The van der Waals surface area contributed by atoms with Gasteiger partial charge < -0.3 is 19.7 Å². The maximum atomic E-state index is 12.5. The SMILES string of the molecule is CC(C)(O)[C@@H](CC[C@]1(C)O[C@H]1CO)OC(=O)Nc1cccc2ccccc12. The maximum absolute atomic E-state index is 12.5. The average Bonchev–Trinajstić information content (AvgIpc) is 3.28. The molecule has 1 heterocycles. The minimum Gasteiger partial charge on any atom is -0.443 e. The molecule has 6 heteroatoms. The fourth-order valence-electron chi connectivity index (χ4n) is 3.32. The zero-order valence-electron chi connectivity index (χ0n) is 15.9. The molecule has 1 saturated heterocycles. The number of rotatable bonds is 7. The number of benzene rings is 2. The van der Waals surface area contributed by atoms with E-state index in [1.807, 2.05) is 49.4 Å². The van der Waals surface area contributed by atoms with E-state index in [1.54, 1.807) is 13.8 Å². The molecule has 0 aromatic heterocycles. The van der Waals surface area contributed by atoms with E-state index in [4.69, 9.17) is 9.47 Å². The van der Waals surface area contributed by atoms with Crippen molar-refractivity contribution in [1.29, 1.82) is 0 Å². The lowest BCUT2D eigenvalue weighted by atomic mass is 9.92. The Morgan fingerprint density at radius 2 is 2.00 bits per heavy atom. The molecule has 146 valence electrons. The van der Waals surface area contributed by atoms with E-state index < -0.39 is 23.4 Å². The zero-order valence-corrected chi connectivity index (χ0v) is 15.9. The third-order valence-corrected chi connectivity index (χ3v) is 5.17. The van der Waals surface area contributed by atoms with Gasteiger partial charge in [0.05, 0.1) is 23.5 Å². The van der Waals surface area contributed by atoms with Crippen LogP contribution in [-0.2, 0) is 9.47 Å². The van der Waals surface area contributed by atoms with E-state index in [1.165, 1.54) is 0 Å². The molecule has 6 nitrogen and oxygen atoms in total. The molecular formula is C21H27NO5. The quantitative estimate of drug-likeness (QED) is 0.647. The van der Waals surface area contributed by atoms with E-state index in [0.29, 0.717) is 18.5 Å². The van der Waals surface area contributed by atoms with Crippen molar-refractivity contribution in [1.82, 2.24) is 0 Å². The Labute approximate surface area is 159 Å². The molecule has 0 bridgehead atoms. The molecule has 0 spiro atoms. The van der Waals surface area contributed by atoms with Gasteiger partial charge in [-0.3, -0.25) is 5.32 Å². The molecule has 2 aromatic carbocycles. The summed E-state index contributed by atoms with van der Waals surface area (Å²) in [5.74, 6) is 0. The Balaban J connectivity index is 1.65. The zero-order chi connectivity index (χ0) is 19.7. The van der Waals surface area contributed by atoms with Crippen molar-refractivity contribution in [3.63, 3.8) is 0 Å². The van der Waals surface area contributed by atoms with Gasteiger partial charge in [0.15, 0.2) is 0 Å². The molecule has 1 fully saturated rings. The average molecular weight is 373 g/mol. The van der Waals surface area contributed by atoms with Gasteiger partial charge in [-0.2, -0.15) is 0 Å². The lowest BCUT2D eigenvalue weighted by Gasteiger charge is -2.29. The van der Waals surface area contributed by atoms with Crippen LogP contribution in [0.4, 0.5) is 10.5 Å². The van der Waals surface area contributed by atoms with Crippen LogP contribution in [0.5, 0.6) is 0 Å². The Morgan fingerprint density at radius 1 is 1.30 bits per heavy atom. The van der Waals surface area contributed by atoms with E-state index in [2.05, 4.69) is 5.32 Å². The van der Waals surface area contributed by atoms with Crippen LogP contribution >= 0.6 is 0 Å². The summed E-state index contributed by atoms with van der Waals surface area (Å²) in [6.07, 6.45) is -0.496. The predicted octanol–water partition coefficient (Wildman–Crippen LogP) is 3.46. The first-order valence-corrected chi connectivity index (χ1v) is 9.19. The van der Waals surface area contributed by atoms with Crippen LogP contribution in [-0.4, -0.2) is 46.3 Å². The summed E-state index contributed by atoms with van der Waals surface area (Å²) >= 11 is 0. The molecule has 0 radical (unpaired) electrons. The standard InChI is InChI=1S/C21H27NO5/c1-20(2,25)17(11-12-21(3)18(13-23)27-21)26-19(24)22-16-10-6-8-14-7-4-5-9-15(14)16/h4-10,17-18,23,25H,11-13H2,1-3H3,(H,22,24)/t17-,18+,21+/m1/s1. The summed E-state index contributed by atoms with van der Waals surface area (Å²) in [4.78, 5) is 12.5. The van der Waals surface area contributed by atoms with Crippen molar-refractivity contribution in [2.75, 3.05) is 11.9 Å². The molecule has 1 amide bonds. The number of carbonyl (C=O) groups excluding carboxylic acids is 1. The predicted molar refractivity (Wildman–Crippen MR) is 104 cm³/mol. The van der Waals surface area contributed by atoms with Crippen LogP contribution in [0.2, 0.25) is 0 Å². The highest BCUT2D eigenvalue weighted by atomic mass is 16.6. The molecule has 1 aliphatic heterocycles. The van der Waals surface area contributed by atoms with Gasteiger partial charge in [-0.05, 0) is 45.1 Å². The Kier molecular flexibility index (Phi) is 5.42. The number of fused-ring (bicyclic) bond motifs is 1. The number of aliphatic hydroxyl groups is 2. The highest BCUT2D eigenvalue weighted by molar-refractivity contribution is 6.00. The molecule has 0 unspecified atom stereocenters. The summed E-state index contributed by atoms with van der Waals surface area (Å²) in [6, 6.07) is 13.4. The van der Waals surface area contributed by atoms with E-state index in [9.17, 15) is 15.0 Å². The number of hydrogen-bond acceptors (Lipinski definition) is 5. The smallest absolute Gasteiger partial charge is 0.412 e. The number of amides is 1. The normalized spacial score (nSPS) is 23.1. The first-order valence-electron chi connectivity index (χ1n) is 9.19. The number of hydrogen-bond donors (Lipinski definition) is 3. The fraction of sp³-hybridized carbons (Fsp3) is 0.476. The van der Waals surface area contributed by atoms with Crippen LogP contribution < -0.4 is 5.32 Å². The molecule has 0 saturated carbocycles. The van der Waals surface area contributed by atoms with Crippen LogP contribution in [0.15, 0.2) is 42.5 Å². The minimum atomic E-state index is -1.20. The Morgan fingerprint density at radius 3 is 2.67 bits per heavy atom. The third-order valence-electron chi connectivity index (χ3n) is 5.17. The van der Waals surface area contributed by atoms with Gasteiger partial charge in [-0.15, -0.1) is 0 Å². The van der Waals surface area contributed by atoms with Gasteiger partial charge >= 0.3 is 6.09 Å². The first kappa shape index (κ1) is 19.6. The van der Waals surface area contributed by atoms with Crippen LogP contribution in [0.1, 0.15) is 33.6 Å². The molecule has 3 rings (SSSR count). The van der Waals surface area contributed by atoms with Gasteiger partial charge in [0.25, 0.3) is 0 Å². The van der Waals surface area contributed by atoms with Crippen molar-refractivity contribution in [3.05, 3.63) is 42.5 Å². The lowest BCUT2D eigenvalue weighted by Crippen LogP contribution is -2.41. The van der Waals surface area contributed by atoms with Gasteiger partial charge in [0.2, 0.25) is 0 Å². The van der Waals surface area contributed by atoms with E-state index in [-0.39, 0.29) is 12.7 Å². The number of nitrogens with one attached hydrogen (secondary N) is 1. The van der Waals surface area contributed by atoms with Gasteiger partial charge in [0.1, 0.15) is 12.2 Å². The minimum absolute atomic E-state index is 0.0356. The van der Waals surface area contributed by atoms with Crippen LogP contribution in [0.3, 0.4) is 0 Å². The highest BCUT2D eigenvalue weighted by Crippen LogP contribution is 2.41. The van der Waals surface area contributed by atoms with E-state index >= 15 is 0 Å². The van der Waals surface area contributed by atoms with Crippen molar-refractivity contribution in [2.45, 2.75) is 57.0 Å². The fourth-order valence-corrected chi connectivity index (χ4v) is 3.32. The number of ether oxygens (including phenoxy) is 2. The summed E-state index contributed by atoms with van der Waals surface area (Å²) < 4.78 is 11.0. The van der Waals surface area contributed by atoms with Gasteiger partial charge in [-0.1, -0.05) is 36.4 Å². The van der Waals surface area contributed by atoms with Gasteiger partial charge in [-0.25, -0.2) is 4.79 Å². The molecule has 3 N–H and O–H groups in total. The second kappa shape index (κ2) is 7.46. The first-order chi connectivity index (χ1) is 12.7. The topological polar surface area (TPSA) is 91.3 Å². The van der Waals surface area contributed by atoms with E-state index in [0.717, 1.165) is 10.8 Å². The third kappa shape index (κ3) is 4.58. The number of carbonyl (C=O) groups is 1. The highest BCUT2D eigenvalue weighted by Gasteiger charge is 2.52. The van der Waals surface area contributed by atoms with Crippen LogP contribution in [0, 0.1) is 0 Å². The Hall–Kier alpha value is -2.15.